The van der Waals surface area contributed by atoms with Gasteiger partial charge in [-0.1, -0.05) is 52.0 Å². The Bertz CT molecular complexity index is 960. The molecule has 2 aliphatic rings. The standard InChI is InChI=1S/C27H37N3O4/c1-19(2)22-6-5-7-23(20(3)4)26(22)28-27(31)30(11-10-29-12-14-32-15-13-29)17-21-8-9-24-25(16-21)34-18-33-24/h5-9,16,19-20H,10-15,17-18H2,1-4H3,(H,28,31). The molecule has 1 fully saturated rings. The summed E-state index contributed by atoms with van der Waals surface area (Å²) in [4.78, 5) is 17.9. The first kappa shape index (κ1) is 24.4. The van der Waals surface area contributed by atoms with Gasteiger partial charge in [0.15, 0.2) is 11.5 Å². The van der Waals surface area contributed by atoms with Crippen LogP contribution in [0.15, 0.2) is 36.4 Å². The van der Waals surface area contributed by atoms with Crippen LogP contribution in [0.2, 0.25) is 0 Å². The molecule has 184 valence electrons. The number of nitrogens with zero attached hydrogens (tertiary/aromatic N) is 2. The van der Waals surface area contributed by atoms with E-state index in [2.05, 4.69) is 56.1 Å². The van der Waals surface area contributed by atoms with Crippen LogP contribution in [0.1, 0.15) is 56.2 Å². The van der Waals surface area contributed by atoms with Crippen LogP contribution in [0.3, 0.4) is 0 Å². The largest absolute Gasteiger partial charge is 0.454 e. The second kappa shape index (κ2) is 11.1. The van der Waals surface area contributed by atoms with Crippen molar-refractivity contribution < 1.29 is 19.0 Å². The zero-order valence-corrected chi connectivity index (χ0v) is 20.8. The van der Waals surface area contributed by atoms with E-state index in [0.29, 0.717) is 24.9 Å². The van der Waals surface area contributed by atoms with Crippen LogP contribution < -0.4 is 14.8 Å². The summed E-state index contributed by atoms with van der Waals surface area (Å²) in [6.45, 7) is 14.1. The van der Waals surface area contributed by atoms with Gasteiger partial charge < -0.3 is 24.4 Å². The third-order valence-corrected chi connectivity index (χ3v) is 6.49. The van der Waals surface area contributed by atoms with Gasteiger partial charge in [0.1, 0.15) is 0 Å². The predicted molar refractivity (Wildman–Crippen MR) is 134 cm³/mol. The van der Waals surface area contributed by atoms with Crippen LogP contribution in [0.4, 0.5) is 10.5 Å². The van der Waals surface area contributed by atoms with E-state index in [1.54, 1.807) is 0 Å². The number of ether oxygens (including phenoxy) is 3. The molecule has 2 amide bonds. The lowest BCUT2D eigenvalue weighted by Crippen LogP contribution is -2.44. The van der Waals surface area contributed by atoms with Crippen molar-refractivity contribution in [1.29, 1.82) is 0 Å². The Hall–Kier alpha value is -2.77. The first-order valence-corrected chi connectivity index (χ1v) is 12.3. The highest BCUT2D eigenvalue weighted by atomic mass is 16.7. The molecule has 0 aromatic heterocycles. The molecule has 2 aliphatic heterocycles. The summed E-state index contributed by atoms with van der Waals surface area (Å²) in [6.07, 6.45) is 0. The van der Waals surface area contributed by atoms with E-state index >= 15 is 0 Å². The lowest BCUT2D eigenvalue weighted by atomic mass is 9.93. The van der Waals surface area contributed by atoms with Crippen molar-refractivity contribution in [3.05, 3.63) is 53.1 Å². The molecule has 7 heteroatoms. The second-order valence-corrected chi connectivity index (χ2v) is 9.61. The van der Waals surface area contributed by atoms with Gasteiger partial charge in [0.2, 0.25) is 6.79 Å². The zero-order valence-electron chi connectivity index (χ0n) is 20.8. The predicted octanol–water partition coefficient (Wildman–Crippen LogP) is 5.03. The monoisotopic (exact) mass is 467 g/mol. The molecule has 0 atom stereocenters. The molecule has 34 heavy (non-hydrogen) atoms. The molecule has 4 rings (SSSR count). The lowest BCUT2D eigenvalue weighted by Gasteiger charge is -2.31. The molecule has 0 spiro atoms. The molecule has 1 saturated heterocycles. The summed E-state index contributed by atoms with van der Waals surface area (Å²) >= 11 is 0. The van der Waals surface area contributed by atoms with Crippen LogP contribution in [0.25, 0.3) is 0 Å². The molecule has 0 unspecified atom stereocenters. The average Bonchev–Trinajstić information content (AvgIpc) is 3.30. The number of para-hydroxylation sites is 1. The van der Waals surface area contributed by atoms with Crippen molar-refractivity contribution in [2.45, 2.75) is 46.1 Å². The number of nitrogens with one attached hydrogen (secondary N) is 1. The van der Waals surface area contributed by atoms with E-state index in [4.69, 9.17) is 14.2 Å². The van der Waals surface area contributed by atoms with Crippen LogP contribution in [0.5, 0.6) is 11.5 Å². The number of anilines is 1. The van der Waals surface area contributed by atoms with Crippen LogP contribution in [-0.2, 0) is 11.3 Å². The summed E-state index contributed by atoms with van der Waals surface area (Å²) in [5.74, 6) is 2.10. The van der Waals surface area contributed by atoms with Crippen molar-refractivity contribution in [3.63, 3.8) is 0 Å². The molecular weight excluding hydrogens is 430 g/mol. The van der Waals surface area contributed by atoms with E-state index in [9.17, 15) is 4.79 Å². The summed E-state index contributed by atoms with van der Waals surface area (Å²) in [5, 5.41) is 3.29. The lowest BCUT2D eigenvalue weighted by molar-refractivity contribution is 0.0349. The number of carbonyl (C=O) groups is 1. The molecule has 0 aliphatic carbocycles. The van der Waals surface area contributed by atoms with Crippen LogP contribution in [-0.4, -0.2) is 62.0 Å². The van der Waals surface area contributed by atoms with E-state index < -0.39 is 0 Å². The highest BCUT2D eigenvalue weighted by Gasteiger charge is 2.22. The Labute approximate surface area is 203 Å². The molecular formula is C27H37N3O4. The van der Waals surface area contributed by atoms with Gasteiger partial charge in [0, 0.05) is 38.4 Å². The number of benzene rings is 2. The fourth-order valence-corrected chi connectivity index (χ4v) is 4.48. The summed E-state index contributed by atoms with van der Waals surface area (Å²) in [5.41, 5.74) is 4.29. The molecule has 2 heterocycles. The fourth-order valence-electron chi connectivity index (χ4n) is 4.48. The third-order valence-electron chi connectivity index (χ3n) is 6.49. The van der Waals surface area contributed by atoms with Crippen molar-refractivity contribution in [2.75, 3.05) is 51.5 Å². The maximum absolute atomic E-state index is 13.7. The van der Waals surface area contributed by atoms with E-state index in [-0.39, 0.29) is 12.8 Å². The normalized spacial score (nSPS) is 15.7. The minimum absolute atomic E-state index is 0.0825. The summed E-state index contributed by atoms with van der Waals surface area (Å²) in [6, 6.07) is 12.1. The minimum atomic E-state index is -0.0825. The Morgan fingerprint density at radius 3 is 2.35 bits per heavy atom. The number of amides is 2. The quantitative estimate of drug-likeness (QED) is 0.590. The van der Waals surface area contributed by atoms with Gasteiger partial charge in [0.25, 0.3) is 0 Å². The molecule has 2 aromatic carbocycles. The number of morpholine rings is 1. The molecule has 7 nitrogen and oxygen atoms in total. The van der Waals surface area contributed by atoms with Crippen molar-refractivity contribution in [1.82, 2.24) is 9.80 Å². The Morgan fingerprint density at radius 1 is 1.00 bits per heavy atom. The number of hydrogen-bond donors (Lipinski definition) is 1. The molecule has 2 aromatic rings. The van der Waals surface area contributed by atoms with E-state index in [1.165, 1.54) is 0 Å². The maximum atomic E-state index is 13.7. The van der Waals surface area contributed by atoms with Gasteiger partial charge in [-0.2, -0.15) is 0 Å². The number of rotatable bonds is 8. The fraction of sp³-hybridized carbons (Fsp3) is 0.519. The Morgan fingerprint density at radius 2 is 1.68 bits per heavy atom. The van der Waals surface area contributed by atoms with Gasteiger partial charge >= 0.3 is 6.03 Å². The van der Waals surface area contributed by atoms with Crippen LogP contribution in [0, 0.1) is 0 Å². The van der Waals surface area contributed by atoms with Gasteiger partial charge in [0.05, 0.1) is 13.2 Å². The number of fused-ring (bicyclic) bond motifs is 1. The highest BCUT2D eigenvalue weighted by Crippen LogP contribution is 2.34. The highest BCUT2D eigenvalue weighted by molar-refractivity contribution is 5.91. The SMILES string of the molecule is CC(C)c1cccc(C(C)C)c1NC(=O)N(CCN1CCOCC1)Cc1ccc2c(c1)OCO2. The van der Waals surface area contributed by atoms with E-state index in [0.717, 1.165) is 66.7 Å². The van der Waals surface area contributed by atoms with Crippen molar-refractivity contribution in [2.24, 2.45) is 0 Å². The smallest absolute Gasteiger partial charge is 0.322 e. The second-order valence-electron chi connectivity index (χ2n) is 9.61. The summed E-state index contributed by atoms with van der Waals surface area (Å²) < 4.78 is 16.5. The van der Waals surface area contributed by atoms with E-state index in [1.807, 2.05) is 23.1 Å². The number of hydrogen-bond acceptors (Lipinski definition) is 5. The molecule has 0 saturated carbocycles. The Balaban J connectivity index is 1.56. The minimum Gasteiger partial charge on any atom is -0.454 e. The van der Waals surface area contributed by atoms with Crippen LogP contribution >= 0.6 is 0 Å². The van der Waals surface area contributed by atoms with Gasteiger partial charge in [-0.25, -0.2) is 4.79 Å². The van der Waals surface area contributed by atoms with Crippen molar-refractivity contribution in [3.8, 4) is 11.5 Å². The number of carbonyl (C=O) groups excluding carboxylic acids is 1. The zero-order chi connectivity index (χ0) is 24.1. The summed E-state index contributed by atoms with van der Waals surface area (Å²) in [7, 11) is 0. The first-order chi connectivity index (χ1) is 16.4. The molecule has 0 radical (unpaired) electrons. The maximum Gasteiger partial charge on any atom is 0.322 e. The van der Waals surface area contributed by atoms with Gasteiger partial charge in [-0.15, -0.1) is 0 Å². The first-order valence-electron chi connectivity index (χ1n) is 12.3. The van der Waals surface area contributed by atoms with Gasteiger partial charge in [-0.05, 0) is 40.7 Å². The molecule has 1 N–H and O–H groups in total. The third kappa shape index (κ3) is 5.83. The number of urea groups is 1. The topological polar surface area (TPSA) is 63.3 Å². The van der Waals surface area contributed by atoms with Crippen molar-refractivity contribution >= 4 is 11.7 Å². The van der Waals surface area contributed by atoms with Gasteiger partial charge in [-0.3, -0.25) is 4.90 Å². The average molecular weight is 468 g/mol. The Kier molecular flexibility index (Phi) is 7.95. The molecule has 0 bridgehead atoms.